The molecule has 1 atom stereocenters. The van der Waals surface area contributed by atoms with Gasteiger partial charge in [-0.05, 0) is 30.4 Å². The molecule has 0 bridgehead atoms. The maximum atomic E-state index is 12.9. The van der Waals surface area contributed by atoms with Gasteiger partial charge in [-0.1, -0.05) is 24.3 Å². The number of nitrogens with zero attached hydrogens (tertiary/aromatic N) is 3. The summed E-state index contributed by atoms with van der Waals surface area (Å²) in [6, 6.07) is 9.65. The van der Waals surface area contributed by atoms with E-state index in [9.17, 15) is 8.78 Å². The van der Waals surface area contributed by atoms with E-state index in [1.54, 1.807) is 0 Å². The lowest BCUT2D eigenvalue weighted by Crippen LogP contribution is -2.30. The minimum Gasteiger partial charge on any atom is -0.384 e. The SMILES string of the molecule is Nc1cc(C(F)F)nc(N2CCC3(CCc4ccccc43)C2)n1. The summed E-state index contributed by atoms with van der Waals surface area (Å²) in [6.07, 6.45) is 0.520. The Morgan fingerprint density at radius 2 is 2.00 bits per heavy atom. The minimum absolute atomic E-state index is 0.0928. The van der Waals surface area contributed by atoms with Crippen LogP contribution in [0.25, 0.3) is 0 Å². The van der Waals surface area contributed by atoms with Crippen LogP contribution in [0.2, 0.25) is 0 Å². The average Bonchev–Trinajstić information content (AvgIpc) is 3.13. The first-order valence-corrected chi connectivity index (χ1v) is 7.83. The Bertz CT molecular complexity index is 749. The lowest BCUT2D eigenvalue weighted by atomic mass is 9.81. The van der Waals surface area contributed by atoms with E-state index in [2.05, 4.69) is 34.2 Å². The molecule has 2 aliphatic rings. The maximum absolute atomic E-state index is 12.9. The van der Waals surface area contributed by atoms with Gasteiger partial charge in [-0.25, -0.2) is 13.8 Å². The molecule has 120 valence electrons. The van der Waals surface area contributed by atoms with Crippen molar-refractivity contribution in [2.75, 3.05) is 23.7 Å². The van der Waals surface area contributed by atoms with Crippen molar-refractivity contribution < 1.29 is 8.78 Å². The van der Waals surface area contributed by atoms with Crippen molar-refractivity contribution in [3.05, 3.63) is 47.2 Å². The number of hydrogen-bond donors (Lipinski definition) is 1. The number of nitrogens with two attached hydrogens (primary N) is 1. The summed E-state index contributed by atoms with van der Waals surface area (Å²) in [6.45, 7) is 1.52. The quantitative estimate of drug-likeness (QED) is 0.925. The number of alkyl halides is 2. The van der Waals surface area contributed by atoms with E-state index in [1.807, 2.05) is 4.90 Å². The van der Waals surface area contributed by atoms with E-state index < -0.39 is 6.43 Å². The maximum Gasteiger partial charge on any atom is 0.280 e. The van der Waals surface area contributed by atoms with Crippen molar-refractivity contribution in [1.29, 1.82) is 0 Å². The molecule has 2 N–H and O–H groups in total. The van der Waals surface area contributed by atoms with Gasteiger partial charge in [-0.2, -0.15) is 4.98 Å². The van der Waals surface area contributed by atoms with Crippen LogP contribution in [-0.2, 0) is 11.8 Å². The largest absolute Gasteiger partial charge is 0.384 e. The Morgan fingerprint density at radius 3 is 2.83 bits per heavy atom. The van der Waals surface area contributed by atoms with Gasteiger partial charge in [-0.15, -0.1) is 0 Å². The molecule has 23 heavy (non-hydrogen) atoms. The Balaban J connectivity index is 1.65. The average molecular weight is 316 g/mol. The van der Waals surface area contributed by atoms with Crippen molar-refractivity contribution in [2.24, 2.45) is 0 Å². The fourth-order valence-corrected chi connectivity index (χ4v) is 3.96. The van der Waals surface area contributed by atoms with Crippen LogP contribution in [0.15, 0.2) is 30.3 Å². The fourth-order valence-electron chi connectivity index (χ4n) is 3.96. The van der Waals surface area contributed by atoms with Crippen LogP contribution in [0.5, 0.6) is 0 Å². The molecule has 4 rings (SSSR count). The Hall–Kier alpha value is -2.24. The summed E-state index contributed by atoms with van der Waals surface area (Å²) >= 11 is 0. The van der Waals surface area contributed by atoms with Crippen molar-refractivity contribution in [3.8, 4) is 0 Å². The number of halogens is 2. The van der Waals surface area contributed by atoms with Gasteiger partial charge in [-0.3, -0.25) is 0 Å². The molecule has 1 saturated heterocycles. The molecule has 1 aromatic carbocycles. The highest BCUT2D eigenvalue weighted by atomic mass is 19.3. The van der Waals surface area contributed by atoms with E-state index in [0.29, 0.717) is 5.95 Å². The van der Waals surface area contributed by atoms with Gasteiger partial charge in [0.05, 0.1) is 0 Å². The smallest absolute Gasteiger partial charge is 0.280 e. The van der Waals surface area contributed by atoms with Crippen LogP contribution in [0.1, 0.15) is 36.1 Å². The van der Waals surface area contributed by atoms with Gasteiger partial charge in [0.25, 0.3) is 6.43 Å². The lowest BCUT2D eigenvalue weighted by Gasteiger charge is -2.25. The van der Waals surface area contributed by atoms with E-state index in [0.717, 1.165) is 38.4 Å². The molecule has 0 radical (unpaired) electrons. The summed E-state index contributed by atoms with van der Waals surface area (Å²) in [7, 11) is 0. The lowest BCUT2D eigenvalue weighted by molar-refractivity contribution is 0.146. The standard InChI is InChI=1S/C17H18F2N4/c18-15(19)13-9-14(20)22-16(21-13)23-8-7-17(10-23)6-5-11-3-1-2-4-12(11)17/h1-4,9,15H,5-8,10H2,(H2,20,21,22). The fraction of sp³-hybridized carbons (Fsp3) is 0.412. The molecule has 1 aliphatic carbocycles. The molecule has 1 aliphatic heterocycles. The third-order valence-corrected chi connectivity index (χ3v) is 5.08. The molecule has 1 fully saturated rings. The number of rotatable bonds is 2. The van der Waals surface area contributed by atoms with Gasteiger partial charge < -0.3 is 10.6 Å². The molecule has 1 aromatic heterocycles. The highest BCUT2D eigenvalue weighted by Gasteiger charge is 2.44. The number of aryl methyl sites for hydroxylation is 1. The normalized spacial score (nSPS) is 23.0. The zero-order chi connectivity index (χ0) is 16.0. The van der Waals surface area contributed by atoms with Crippen LogP contribution >= 0.6 is 0 Å². The molecular formula is C17H18F2N4. The first-order valence-electron chi connectivity index (χ1n) is 7.83. The molecule has 1 spiro atoms. The van der Waals surface area contributed by atoms with E-state index in [4.69, 9.17) is 5.73 Å². The number of benzene rings is 1. The van der Waals surface area contributed by atoms with E-state index in [1.165, 1.54) is 11.1 Å². The molecule has 2 aromatic rings. The molecular weight excluding hydrogens is 298 g/mol. The molecule has 1 unspecified atom stereocenters. The Kier molecular flexibility index (Phi) is 3.21. The second-order valence-corrected chi connectivity index (χ2v) is 6.43. The zero-order valence-corrected chi connectivity index (χ0v) is 12.7. The first-order chi connectivity index (χ1) is 11.1. The predicted molar refractivity (Wildman–Crippen MR) is 84.7 cm³/mol. The van der Waals surface area contributed by atoms with Crippen LogP contribution in [-0.4, -0.2) is 23.1 Å². The number of aromatic nitrogens is 2. The third kappa shape index (κ3) is 2.33. The second-order valence-electron chi connectivity index (χ2n) is 6.43. The Morgan fingerprint density at radius 1 is 1.17 bits per heavy atom. The first kappa shape index (κ1) is 14.4. The number of hydrogen-bond acceptors (Lipinski definition) is 4. The summed E-state index contributed by atoms with van der Waals surface area (Å²) < 4.78 is 25.9. The molecule has 6 heteroatoms. The van der Waals surface area contributed by atoms with Crippen molar-refractivity contribution in [2.45, 2.75) is 31.1 Å². The highest BCUT2D eigenvalue weighted by Crippen LogP contribution is 2.46. The molecule has 2 heterocycles. The zero-order valence-electron chi connectivity index (χ0n) is 12.7. The summed E-state index contributed by atoms with van der Waals surface area (Å²) in [5.74, 6) is 0.416. The number of anilines is 2. The third-order valence-electron chi connectivity index (χ3n) is 5.08. The van der Waals surface area contributed by atoms with Crippen LogP contribution in [0.4, 0.5) is 20.5 Å². The van der Waals surface area contributed by atoms with Gasteiger partial charge in [0, 0.05) is 24.6 Å². The summed E-state index contributed by atoms with van der Waals surface area (Å²) in [5.41, 5.74) is 8.25. The van der Waals surface area contributed by atoms with E-state index in [-0.39, 0.29) is 16.9 Å². The van der Waals surface area contributed by atoms with Gasteiger partial charge in [0.15, 0.2) is 0 Å². The predicted octanol–water partition coefficient (Wildman–Crippen LogP) is 3.09. The number of fused-ring (bicyclic) bond motifs is 2. The highest BCUT2D eigenvalue weighted by molar-refractivity contribution is 5.47. The van der Waals surface area contributed by atoms with Gasteiger partial charge >= 0.3 is 0 Å². The molecule has 0 saturated carbocycles. The van der Waals surface area contributed by atoms with Crippen LogP contribution in [0, 0.1) is 0 Å². The van der Waals surface area contributed by atoms with Gasteiger partial charge in [0.2, 0.25) is 5.95 Å². The molecule has 4 nitrogen and oxygen atoms in total. The summed E-state index contributed by atoms with van der Waals surface area (Å²) in [4.78, 5) is 10.2. The van der Waals surface area contributed by atoms with Crippen molar-refractivity contribution in [1.82, 2.24) is 9.97 Å². The second kappa shape index (κ2) is 5.15. The minimum atomic E-state index is -2.64. The van der Waals surface area contributed by atoms with Crippen molar-refractivity contribution >= 4 is 11.8 Å². The number of nitrogen functional groups attached to an aromatic ring is 1. The monoisotopic (exact) mass is 316 g/mol. The summed E-state index contributed by atoms with van der Waals surface area (Å²) in [5, 5.41) is 0. The topological polar surface area (TPSA) is 55.0 Å². The van der Waals surface area contributed by atoms with Gasteiger partial charge in [0.1, 0.15) is 11.5 Å². The van der Waals surface area contributed by atoms with Crippen molar-refractivity contribution in [3.63, 3.8) is 0 Å². The Labute approximate surface area is 133 Å². The molecule has 0 amide bonds. The van der Waals surface area contributed by atoms with E-state index >= 15 is 0 Å². The van der Waals surface area contributed by atoms with Crippen LogP contribution in [0.3, 0.4) is 0 Å². The van der Waals surface area contributed by atoms with Crippen LogP contribution < -0.4 is 10.6 Å².